The molecule has 0 fully saturated rings. The number of amides is 1. The van der Waals surface area contributed by atoms with Crippen LogP contribution in [0.5, 0.6) is 0 Å². The number of hydrogen-bond donors (Lipinski definition) is 3. The van der Waals surface area contributed by atoms with Crippen molar-refractivity contribution < 1.29 is 18.7 Å². The fourth-order valence-corrected chi connectivity index (χ4v) is 2.32. The van der Waals surface area contributed by atoms with Gasteiger partial charge in [-0.2, -0.15) is 13.8 Å². The molecule has 0 bridgehead atoms. The van der Waals surface area contributed by atoms with Crippen LogP contribution in [0.4, 0.5) is 8.78 Å². The minimum Gasteiger partial charge on any atom is -0.507 e. The van der Waals surface area contributed by atoms with Crippen LogP contribution >= 0.6 is 0 Å². The number of allylic oxidation sites excluding steroid dienone is 1. The number of fused-ring (bicyclic) bond motifs is 1. The molecule has 0 aliphatic rings. The molecule has 1 amide bonds. The number of benzene rings is 1. The summed E-state index contributed by atoms with van der Waals surface area (Å²) in [6.07, 6.45) is 5.24. The molecule has 3 aromatic rings. The Labute approximate surface area is 166 Å². The third kappa shape index (κ3) is 5.61. The van der Waals surface area contributed by atoms with Gasteiger partial charge in [0.15, 0.2) is 11.7 Å². The first-order chi connectivity index (χ1) is 13.5. The number of nitrogens with zero attached hydrogens (tertiary/aromatic N) is 3. The molecule has 3 rings (SSSR count). The molecule has 2 aromatic heterocycles. The van der Waals surface area contributed by atoms with Crippen LogP contribution in [0.2, 0.25) is 0 Å². The average molecular weight is 401 g/mol. The second kappa shape index (κ2) is 8.51. The van der Waals surface area contributed by atoms with Crippen LogP contribution in [0.1, 0.15) is 22.8 Å². The quantitative estimate of drug-likeness (QED) is 0.353. The summed E-state index contributed by atoms with van der Waals surface area (Å²) in [6, 6.07) is 9.64. The number of carbonyl (C=O) groups is 1. The lowest BCUT2D eigenvalue weighted by Crippen LogP contribution is -2.24. The zero-order chi connectivity index (χ0) is 21.8. The number of guanidine groups is 1. The highest BCUT2D eigenvalue weighted by Crippen LogP contribution is 2.22. The summed E-state index contributed by atoms with van der Waals surface area (Å²) in [4.78, 5) is 19.7. The lowest BCUT2D eigenvalue weighted by atomic mass is 10.1. The minimum atomic E-state index is -3.14. The first kappa shape index (κ1) is 21.5. The van der Waals surface area contributed by atoms with Crippen molar-refractivity contribution in [2.24, 2.45) is 16.5 Å². The van der Waals surface area contributed by atoms with Gasteiger partial charge in [0, 0.05) is 30.9 Å². The number of aromatic nitrogens is 2. The Hall–Kier alpha value is -3.75. The van der Waals surface area contributed by atoms with E-state index in [9.17, 15) is 13.6 Å². The van der Waals surface area contributed by atoms with E-state index in [2.05, 4.69) is 16.6 Å². The highest BCUT2D eigenvalue weighted by Gasteiger charge is 2.24. The van der Waals surface area contributed by atoms with Crippen LogP contribution in [0.3, 0.4) is 0 Å². The van der Waals surface area contributed by atoms with E-state index in [1.807, 2.05) is 35.8 Å². The summed E-state index contributed by atoms with van der Waals surface area (Å²) in [5, 5.41) is 8.95. The molecular formula is C20H21F2N5O2. The van der Waals surface area contributed by atoms with E-state index in [4.69, 9.17) is 16.6 Å². The number of halogens is 2. The summed E-state index contributed by atoms with van der Waals surface area (Å²) in [7, 11) is 0. The van der Waals surface area contributed by atoms with Gasteiger partial charge in [0.2, 0.25) is 0 Å². The van der Waals surface area contributed by atoms with Gasteiger partial charge in [-0.3, -0.25) is 9.78 Å². The van der Waals surface area contributed by atoms with Gasteiger partial charge in [0.05, 0.1) is 16.8 Å². The Morgan fingerprint density at radius 2 is 1.93 bits per heavy atom. The minimum absolute atomic E-state index is 0.248. The Balaban J connectivity index is 0.000000370. The molecule has 152 valence electrons. The predicted octanol–water partition coefficient (Wildman–Crippen LogP) is 3.46. The monoisotopic (exact) mass is 401 g/mol. The largest absolute Gasteiger partial charge is 0.507 e. The van der Waals surface area contributed by atoms with E-state index in [1.165, 1.54) is 0 Å². The van der Waals surface area contributed by atoms with Gasteiger partial charge in [0.25, 0.3) is 11.8 Å². The molecule has 0 radical (unpaired) electrons. The molecule has 9 heteroatoms. The third-order valence-corrected chi connectivity index (χ3v) is 3.83. The van der Waals surface area contributed by atoms with Crippen molar-refractivity contribution in [3.05, 3.63) is 72.4 Å². The number of carbonyl (C=O) groups excluding carboxylic acids is 1. The fraction of sp³-hybridized carbons (Fsp3) is 0.150. The standard InChI is InChI=1S/C16H15N5O.C4H6F2O/c1-10-2-3-12-13(8-10)19-6-4-14(12)21-7-5-11(9-21)15(22)20-16(17)18;1-3(7)4(2,5)6/h2-9H,1H3,(H4,17,18,20,22);7H,1H2,2H3. The van der Waals surface area contributed by atoms with E-state index in [0.29, 0.717) is 12.5 Å². The van der Waals surface area contributed by atoms with Gasteiger partial charge in [-0.25, -0.2) is 0 Å². The number of nitrogens with two attached hydrogens (primary N) is 2. The molecular weight excluding hydrogens is 380 g/mol. The van der Waals surface area contributed by atoms with Crippen molar-refractivity contribution in [2.45, 2.75) is 19.8 Å². The van der Waals surface area contributed by atoms with Crippen LogP contribution in [0.15, 0.2) is 66.3 Å². The summed E-state index contributed by atoms with van der Waals surface area (Å²) in [5.41, 5.74) is 13.9. The van der Waals surface area contributed by atoms with E-state index >= 15 is 0 Å². The molecule has 0 saturated carbocycles. The summed E-state index contributed by atoms with van der Waals surface area (Å²) >= 11 is 0. The molecule has 0 saturated heterocycles. The molecule has 0 spiro atoms. The van der Waals surface area contributed by atoms with Gasteiger partial charge in [-0.1, -0.05) is 18.7 Å². The predicted molar refractivity (Wildman–Crippen MR) is 108 cm³/mol. The molecule has 7 nitrogen and oxygen atoms in total. The molecule has 2 heterocycles. The highest BCUT2D eigenvalue weighted by atomic mass is 19.3. The smallest absolute Gasteiger partial charge is 0.300 e. The number of alkyl halides is 2. The molecule has 0 aliphatic carbocycles. The van der Waals surface area contributed by atoms with Crippen molar-refractivity contribution in [1.82, 2.24) is 9.55 Å². The summed E-state index contributed by atoms with van der Waals surface area (Å²) in [6.45, 7) is 5.23. The number of aliphatic imine (C=N–C) groups is 1. The molecule has 5 N–H and O–H groups in total. The number of pyridine rings is 1. The number of aryl methyl sites for hydroxylation is 1. The van der Waals surface area contributed by atoms with Crippen molar-refractivity contribution in [2.75, 3.05) is 0 Å². The molecule has 1 aromatic carbocycles. The number of aliphatic hydroxyl groups is 1. The van der Waals surface area contributed by atoms with Crippen LogP contribution in [-0.2, 0) is 0 Å². The lowest BCUT2D eigenvalue weighted by Gasteiger charge is -2.07. The Morgan fingerprint density at radius 1 is 1.28 bits per heavy atom. The maximum atomic E-state index is 11.8. The zero-order valence-corrected chi connectivity index (χ0v) is 15.9. The van der Waals surface area contributed by atoms with Gasteiger partial charge in [-0.05, 0) is 30.7 Å². The lowest BCUT2D eigenvalue weighted by molar-refractivity contribution is 0.0197. The molecule has 0 aliphatic heterocycles. The van der Waals surface area contributed by atoms with Gasteiger partial charge in [0.1, 0.15) is 0 Å². The Kier molecular flexibility index (Phi) is 6.32. The van der Waals surface area contributed by atoms with Crippen LogP contribution in [0.25, 0.3) is 16.6 Å². The van der Waals surface area contributed by atoms with Crippen LogP contribution in [-0.4, -0.2) is 32.4 Å². The van der Waals surface area contributed by atoms with Gasteiger partial charge >= 0.3 is 0 Å². The van der Waals surface area contributed by atoms with Crippen LogP contribution in [0, 0.1) is 6.92 Å². The number of hydrogen-bond acceptors (Lipinski definition) is 3. The molecule has 29 heavy (non-hydrogen) atoms. The van der Waals surface area contributed by atoms with Crippen LogP contribution < -0.4 is 11.5 Å². The van der Waals surface area contributed by atoms with E-state index in [1.54, 1.807) is 24.7 Å². The Morgan fingerprint density at radius 3 is 2.52 bits per heavy atom. The molecule has 0 atom stereocenters. The van der Waals surface area contributed by atoms with E-state index in [-0.39, 0.29) is 5.96 Å². The van der Waals surface area contributed by atoms with E-state index < -0.39 is 17.6 Å². The second-order valence-corrected chi connectivity index (χ2v) is 6.34. The summed E-state index contributed by atoms with van der Waals surface area (Å²) < 4.78 is 24.8. The maximum Gasteiger partial charge on any atom is 0.300 e. The first-order valence-corrected chi connectivity index (χ1v) is 8.43. The maximum absolute atomic E-state index is 11.8. The normalized spacial score (nSPS) is 10.8. The second-order valence-electron chi connectivity index (χ2n) is 6.34. The van der Waals surface area contributed by atoms with Crippen molar-refractivity contribution in [3.63, 3.8) is 0 Å². The van der Waals surface area contributed by atoms with Crippen molar-refractivity contribution >= 4 is 22.8 Å². The topological polar surface area (TPSA) is 120 Å². The Bertz CT molecular complexity index is 1080. The van der Waals surface area contributed by atoms with Crippen molar-refractivity contribution in [1.29, 1.82) is 0 Å². The average Bonchev–Trinajstić information content (AvgIpc) is 3.10. The van der Waals surface area contributed by atoms with Crippen molar-refractivity contribution in [3.8, 4) is 5.69 Å². The molecule has 0 unspecified atom stereocenters. The van der Waals surface area contributed by atoms with Gasteiger partial charge < -0.3 is 21.1 Å². The third-order valence-electron chi connectivity index (χ3n) is 3.83. The fourth-order valence-electron chi connectivity index (χ4n) is 2.32. The number of aliphatic hydroxyl groups excluding tert-OH is 1. The summed E-state index contributed by atoms with van der Waals surface area (Å²) in [5.74, 6) is -4.94. The first-order valence-electron chi connectivity index (χ1n) is 8.43. The number of rotatable bonds is 3. The van der Waals surface area contributed by atoms with E-state index in [0.717, 1.165) is 22.2 Å². The SMILES string of the molecule is C=C(O)C(C)(F)F.Cc1ccc2c(-n3ccc(C(=O)N=C(N)N)c3)ccnc2c1. The highest BCUT2D eigenvalue weighted by molar-refractivity contribution is 6.02. The van der Waals surface area contributed by atoms with Gasteiger partial charge in [-0.15, -0.1) is 0 Å². The zero-order valence-electron chi connectivity index (χ0n) is 15.9.